The number of aryl methyl sites for hydroxylation is 1. The number of para-hydroxylation sites is 2. The van der Waals surface area contributed by atoms with Crippen LogP contribution in [0.25, 0.3) is 10.9 Å². The third-order valence-corrected chi connectivity index (χ3v) is 7.11. The van der Waals surface area contributed by atoms with E-state index >= 15 is 0 Å². The molecule has 206 valence electrons. The molecule has 3 atom stereocenters. The van der Waals surface area contributed by atoms with Crippen molar-refractivity contribution in [2.75, 3.05) is 5.32 Å². The Morgan fingerprint density at radius 2 is 1.74 bits per heavy atom. The largest absolute Gasteiger partial charge is 0.348 e. The number of aromatic nitrogens is 1. The third-order valence-electron chi connectivity index (χ3n) is 7.11. The summed E-state index contributed by atoms with van der Waals surface area (Å²) < 4.78 is 1.89. The van der Waals surface area contributed by atoms with Gasteiger partial charge in [0, 0.05) is 35.9 Å². The molecular weight excluding hydrogens is 492 g/mol. The number of nitrogens with one attached hydrogen (secondary N) is 4. The molecule has 4 N–H and O–H groups in total. The number of nitrogens with zero attached hydrogens (tertiary/aromatic N) is 2. The maximum atomic E-state index is 13.4. The van der Waals surface area contributed by atoms with Gasteiger partial charge < -0.3 is 20.5 Å². The van der Waals surface area contributed by atoms with Crippen molar-refractivity contribution in [3.05, 3.63) is 66.4 Å². The summed E-state index contributed by atoms with van der Waals surface area (Å²) in [5.41, 5.74) is 4.69. The van der Waals surface area contributed by atoms with Crippen molar-refractivity contribution < 1.29 is 14.4 Å². The van der Waals surface area contributed by atoms with Crippen molar-refractivity contribution in [1.29, 1.82) is 0 Å². The molecule has 2 aromatic carbocycles. The fourth-order valence-corrected chi connectivity index (χ4v) is 5.19. The Kier molecular flexibility index (Phi) is 9.35. The summed E-state index contributed by atoms with van der Waals surface area (Å²) in [7, 11) is 1.88. The maximum Gasteiger partial charge on any atom is 0.339 e. The average Bonchev–Trinajstić information content (AvgIpc) is 3.25. The monoisotopic (exact) mass is 530 g/mol. The number of benzene rings is 2. The molecule has 0 aliphatic heterocycles. The Balaban J connectivity index is 1.38. The summed E-state index contributed by atoms with van der Waals surface area (Å²) in [6.07, 6.45) is 5.57. The molecule has 1 saturated carbocycles. The van der Waals surface area contributed by atoms with Gasteiger partial charge in [-0.05, 0) is 49.4 Å². The Morgan fingerprint density at radius 3 is 2.49 bits per heavy atom. The van der Waals surface area contributed by atoms with Gasteiger partial charge in [-0.25, -0.2) is 10.2 Å². The van der Waals surface area contributed by atoms with Crippen LogP contribution in [0.5, 0.6) is 0 Å². The van der Waals surface area contributed by atoms with Crippen LogP contribution in [0.2, 0.25) is 0 Å². The second kappa shape index (κ2) is 13.1. The first-order valence-corrected chi connectivity index (χ1v) is 13.6. The van der Waals surface area contributed by atoms with Crippen LogP contribution < -0.4 is 21.4 Å². The molecule has 3 aromatic rings. The minimum absolute atomic E-state index is 0.108. The number of fused-ring (bicyclic) bond motifs is 1. The zero-order valence-corrected chi connectivity index (χ0v) is 22.8. The first-order chi connectivity index (χ1) is 18.8. The predicted octanol–water partition coefficient (Wildman–Crippen LogP) is 4.81. The molecule has 9 heteroatoms. The summed E-state index contributed by atoms with van der Waals surface area (Å²) in [5.74, 6) is -0.321. The third kappa shape index (κ3) is 7.46. The number of hydrogen-bond acceptors (Lipinski definition) is 4. The van der Waals surface area contributed by atoms with E-state index in [0.717, 1.165) is 30.2 Å². The summed E-state index contributed by atoms with van der Waals surface area (Å²) >= 11 is 0. The molecule has 1 aromatic heterocycles. The molecule has 0 radical (unpaired) electrons. The molecule has 1 aliphatic rings. The lowest BCUT2D eigenvalue weighted by Crippen LogP contribution is -2.51. The summed E-state index contributed by atoms with van der Waals surface area (Å²) in [6.45, 7) is 4.13. The van der Waals surface area contributed by atoms with Gasteiger partial charge in [0.05, 0.1) is 12.0 Å². The fourth-order valence-electron chi connectivity index (χ4n) is 5.19. The van der Waals surface area contributed by atoms with Gasteiger partial charge in [-0.15, -0.1) is 0 Å². The van der Waals surface area contributed by atoms with E-state index in [9.17, 15) is 14.4 Å². The molecule has 4 amide bonds. The number of amides is 4. The zero-order chi connectivity index (χ0) is 27.8. The minimum atomic E-state index is -0.463. The molecule has 0 saturated heterocycles. The SMILES string of the molecule is CC(C)CC(C=NNC(=O)Nc1ccccc1)NC(=O)[C@@H]1CCCC[C@@H]1NC(=O)c1cc2ccccc2n1C. The van der Waals surface area contributed by atoms with E-state index in [0.29, 0.717) is 30.1 Å². The summed E-state index contributed by atoms with van der Waals surface area (Å²) in [4.78, 5) is 38.8. The second-order valence-electron chi connectivity index (χ2n) is 10.6. The highest BCUT2D eigenvalue weighted by Gasteiger charge is 2.33. The van der Waals surface area contributed by atoms with E-state index in [1.807, 2.05) is 60.1 Å². The van der Waals surface area contributed by atoms with Gasteiger partial charge in [0.2, 0.25) is 5.91 Å². The first-order valence-electron chi connectivity index (χ1n) is 13.6. The highest BCUT2D eigenvalue weighted by molar-refractivity contribution is 5.99. The number of carbonyl (C=O) groups is 3. The predicted molar refractivity (Wildman–Crippen MR) is 155 cm³/mol. The molecule has 4 rings (SSSR count). The zero-order valence-electron chi connectivity index (χ0n) is 22.8. The van der Waals surface area contributed by atoms with Gasteiger partial charge in [-0.2, -0.15) is 5.10 Å². The van der Waals surface area contributed by atoms with Crippen molar-refractivity contribution >= 4 is 40.7 Å². The Morgan fingerprint density at radius 1 is 1.03 bits per heavy atom. The Bertz CT molecular complexity index is 1320. The number of carbonyl (C=O) groups excluding carboxylic acids is 3. The van der Waals surface area contributed by atoms with Crippen LogP contribution in [0.3, 0.4) is 0 Å². The van der Waals surface area contributed by atoms with Crippen LogP contribution in [-0.2, 0) is 11.8 Å². The minimum Gasteiger partial charge on any atom is -0.348 e. The molecular formula is C30H38N6O3. The molecule has 0 spiro atoms. The normalized spacial score (nSPS) is 18.2. The van der Waals surface area contributed by atoms with Crippen molar-refractivity contribution in [2.45, 2.75) is 58.0 Å². The maximum absolute atomic E-state index is 13.4. The van der Waals surface area contributed by atoms with Crippen molar-refractivity contribution in [1.82, 2.24) is 20.6 Å². The number of hydrogen-bond donors (Lipinski definition) is 4. The first kappa shape index (κ1) is 27.9. The van der Waals surface area contributed by atoms with Gasteiger partial charge in [0.1, 0.15) is 5.69 Å². The summed E-state index contributed by atoms with van der Waals surface area (Å²) in [6, 6.07) is 17.8. The lowest BCUT2D eigenvalue weighted by molar-refractivity contribution is -0.127. The molecule has 1 fully saturated rings. The Hall–Kier alpha value is -4.14. The van der Waals surface area contributed by atoms with Crippen LogP contribution >= 0.6 is 0 Å². The van der Waals surface area contributed by atoms with E-state index < -0.39 is 6.03 Å². The molecule has 39 heavy (non-hydrogen) atoms. The number of anilines is 1. The topological polar surface area (TPSA) is 117 Å². The molecule has 1 unspecified atom stereocenters. The van der Waals surface area contributed by atoms with Crippen LogP contribution in [0.1, 0.15) is 56.4 Å². The quantitative estimate of drug-likeness (QED) is 0.235. The van der Waals surface area contributed by atoms with Gasteiger partial charge >= 0.3 is 6.03 Å². The Labute approximate surface area is 229 Å². The van der Waals surface area contributed by atoms with Crippen LogP contribution in [0.4, 0.5) is 10.5 Å². The smallest absolute Gasteiger partial charge is 0.339 e. The van der Waals surface area contributed by atoms with E-state index in [1.54, 1.807) is 18.3 Å². The van der Waals surface area contributed by atoms with E-state index in [2.05, 4.69) is 40.3 Å². The number of hydrazone groups is 1. The summed E-state index contributed by atoms with van der Waals surface area (Å²) in [5, 5.41) is 14.0. The highest BCUT2D eigenvalue weighted by Crippen LogP contribution is 2.26. The van der Waals surface area contributed by atoms with Crippen molar-refractivity contribution in [3.63, 3.8) is 0 Å². The number of urea groups is 1. The van der Waals surface area contributed by atoms with Crippen LogP contribution in [0.15, 0.2) is 65.8 Å². The fraction of sp³-hybridized carbons (Fsp3) is 0.400. The molecule has 0 bridgehead atoms. The molecule has 9 nitrogen and oxygen atoms in total. The second-order valence-corrected chi connectivity index (χ2v) is 10.6. The molecule has 1 aliphatic carbocycles. The standard InChI is InChI=1S/C30H38N6O3/c1-20(2)17-23(19-31-35-30(39)33-22-12-5-4-6-13-22)32-28(37)24-14-8-9-15-25(24)34-29(38)27-18-21-11-7-10-16-26(21)36(27)3/h4-7,10-13,16,18-20,23-25H,8-9,14-15,17H2,1-3H3,(H,32,37)(H,34,38)(H2,33,35,39)/t23?,24-,25+/m1/s1. The van der Waals surface area contributed by atoms with E-state index in [4.69, 9.17) is 0 Å². The lowest BCUT2D eigenvalue weighted by atomic mass is 9.83. The number of rotatable bonds is 9. The van der Waals surface area contributed by atoms with Crippen molar-refractivity contribution in [3.8, 4) is 0 Å². The van der Waals surface area contributed by atoms with Gasteiger partial charge in [-0.3, -0.25) is 9.59 Å². The van der Waals surface area contributed by atoms with Gasteiger partial charge in [-0.1, -0.05) is 63.1 Å². The van der Waals surface area contributed by atoms with Crippen LogP contribution in [-0.4, -0.2) is 40.7 Å². The molecule has 1 heterocycles. The van der Waals surface area contributed by atoms with Crippen LogP contribution in [0, 0.1) is 11.8 Å². The highest BCUT2D eigenvalue weighted by atomic mass is 16.2. The van der Waals surface area contributed by atoms with Gasteiger partial charge in [0.25, 0.3) is 5.91 Å². The average molecular weight is 531 g/mol. The van der Waals surface area contributed by atoms with E-state index in [-0.39, 0.29) is 29.8 Å². The van der Waals surface area contributed by atoms with E-state index in [1.165, 1.54) is 0 Å². The van der Waals surface area contributed by atoms with Crippen molar-refractivity contribution in [2.24, 2.45) is 24.0 Å². The lowest BCUT2D eigenvalue weighted by Gasteiger charge is -2.32. The van der Waals surface area contributed by atoms with Gasteiger partial charge in [0.15, 0.2) is 0 Å².